The molecule has 12 heavy (non-hydrogen) atoms. The summed E-state index contributed by atoms with van der Waals surface area (Å²) in [5.74, 6) is -0.293. The van der Waals surface area contributed by atoms with Crippen LogP contribution >= 0.6 is 0 Å². The van der Waals surface area contributed by atoms with Crippen molar-refractivity contribution in [2.75, 3.05) is 7.11 Å². The normalized spacial score (nSPS) is 31.6. The number of carbonyl (C=O) groups is 1. The molecule has 0 bridgehead atoms. The summed E-state index contributed by atoms with van der Waals surface area (Å²) in [5.41, 5.74) is 5.62. The van der Waals surface area contributed by atoms with Gasteiger partial charge in [0.05, 0.1) is 13.2 Å². The number of hydrogen-bond acceptors (Lipinski definition) is 4. The van der Waals surface area contributed by atoms with Gasteiger partial charge in [-0.05, 0) is 19.8 Å². The van der Waals surface area contributed by atoms with E-state index >= 15 is 0 Å². The van der Waals surface area contributed by atoms with Gasteiger partial charge in [0.2, 0.25) is 0 Å². The number of hydrogen-bond donors (Lipinski definition) is 1. The molecule has 1 rings (SSSR count). The van der Waals surface area contributed by atoms with E-state index in [1.54, 1.807) is 0 Å². The first-order valence-electron chi connectivity index (χ1n) is 4.14. The van der Waals surface area contributed by atoms with Crippen molar-refractivity contribution < 1.29 is 14.3 Å². The Bertz CT molecular complexity index is 170. The molecule has 0 aromatic rings. The number of carbonyl (C=O) groups excluding carboxylic acids is 1. The van der Waals surface area contributed by atoms with Crippen molar-refractivity contribution in [1.82, 2.24) is 0 Å². The maximum Gasteiger partial charge on any atom is 0.334 e. The Morgan fingerprint density at radius 1 is 1.67 bits per heavy atom. The second kappa shape index (κ2) is 3.87. The van der Waals surface area contributed by atoms with E-state index in [1.165, 1.54) is 7.11 Å². The van der Waals surface area contributed by atoms with Crippen LogP contribution in [0.25, 0.3) is 0 Å². The first-order chi connectivity index (χ1) is 5.65. The standard InChI is InChI=1S/C8H15NO3/c1-5(9)6-3-4-7(12-6)8(10)11-2/h5-7H,3-4,9H2,1-2H3/t5-,6+,7-/m1/s1. The summed E-state index contributed by atoms with van der Waals surface area (Å²) in [6, 6.07) is -0.0142. The number of ether oxygens (including phenoxy) is 2. The lowest BCUT2D eigenvalue weighted by molar-refractivity contribution is -0.153. The maximum atomic E-state index is 11.0. The summed E-state index contributed by atoms with van der Waals surface area (Å²) in [6.07, 6.45) is 1.18. The minimum absolute atomic E-state index is 0.00843. The molecule has 0 radical (unpaired) electrons. The maximum absolute atomic E-state index is 11.0. The largest absolute Gasteiger partial charge is 0.467 e. The van der Waals surface area contributed by atoms with Crippen LogP contribution in [0.4, 0.5) is 0 Å². The van der Waals surface area contributed by atoms with Crippen molar-refractivity contribution in [1.29, 1.82) is 0 Å². The van der Waals surface area contributed by atoms with E-state index in [-0.39, 0.29) is 18.1 Å². The van der Waals surface area contributed by atoms with E-state index in [1.807, 2.05) is 6.92 Å². The Labute approximate surface area is 72.0 Å². The monoisotopic (exact) mass is 173 g/mol. The third kappa shape index (κ3) is 1.95. The van der Waals surface area contributed by atoms with E-state index in [0.29, 0.717) is 0 Å². The molecule has 1 aliphatic heterocycles. The van der Waals surface area contributed by atoms with Gasteiger partial charge in [0.25, 0.3) is 0 Å². The van der Waals surface area contributed by atoms with Crippen molar-refractivity contribution >= 4 is 5.97 Å². The molecule has 0 aromatic carbocycles. The smallest absolute Gasteiger partial charge is 0.334 e. The molecule has 4 heteroatoms. The summed E-state index contributed by atoms with van der Waals surface area (Å²) in [6.45, 7) is 1.88. The SMILES string of the molecule is COC(=O)[C@H]1CC[C@@H]([C@@H](C)N)O1. The van der Waals surface area contributed by atoms with Gasteiger partial charge >= 0.3 is 5.97 Å². The zero-order valence-electron chi connectivity index (χ0n) is 7.45. The summed E-state index contributed by atoms with van der Waals surface area (Å²) in [5, 5.41) is 0. The fraction of sp³-hybridized carbons (Fsp3) is 0.875. The lowest BCUT2D eigenvalue weighted by Crippen LogP contribution is -2.33. The van der Waals surface area contributed by atoms with E-state index in [2.05, 4.69) is 4.74 Å². The molecule has 1 aliphatic rings. The summed E-state index contributed by atoms with van der Waals surface area (Å²) < 4.78 is 9.93. The lowest BCUT2D eigenvalue weighted by atomic mass is 10.1. The minimum atomic E-state index is -0.397. The summed E-state index contributed by atoms with van der Waals surface area (Å²) in [4.78, 5) is 11.0. The second-order valence-electron chi connectivity index (χ2n) is 3.12. The van der Waals surface area contributed by atoms with Crippen LogP contribution in [0.2, 0.25) is 0 Å². The number of esters is 1. The minimum Gasteiger partial charge on any atom is -0.467 e. The van der Waals surface area contributed by atoms with Crippen molar-refractivity contribution in [3.05, 3.63) is 0 Å². The summed E-state index contributed by atoms with van der Waals surface area (Å²) >= 11 is 0. The molecule has 0 saturated carbocycles. The quantitative estimate of drug-likeness (QED) is 0.599. The van der Waals surface area contributed by atoms with E-state index < -0.39 is 6.10 Å². The van der Waals surface area contributed by atoms with Gasteiger partial charge in [-0.1, -0.05) is 0 Å². The molecule has 3 atom stereocenters. The van der Waals surface area contributed by atoms with Crippen LogP contribution in [0.1, 0.15) is 19.8 Å². The number of methoxy groups -OCH3 is 1. The van der Waals surface area contributed by atoms with Crippen molar-refractivity contribution in [2.45, 2.75) is 38.0 Å². The predicted octanol–water partition coefficient (Wildman–Crippen LogP) is 0.0542. The van der Waals surface area contributed by atoms with Crippen molar-refractivity contribution in [3.63, 3.8) is 0 Å². The second-order valence-corrected chi connectivity index (χ2v) is 3.12. The molecular formula is C8H15NO3. The zero-order valence-corrected chi connectivity index (χ0v) is 7.45. The van der Waals surface area contributed by atoms with Gasteiger partial charge < -0.3 is 15.2 Å². The van der Waals surface area contributed by atoms with Crippen LogP contribution in [0, 0.1) is 0 Å². The molecular weight excluding hydrogens is 158 g/mol. The van der Waals surface area contributed by atoms with E-state index in [4.69, 9.17) is 10.5 Å². The highest BCUT2D eigenvalue weighted by Gasteiger charge is 2.32. The Morgan fingerprint density at radius 2 is 2.33 bits per heavy atom. The first-order valence-corrected chi connectivity index (χ1v) is 4.14. The highest BCUT2D eigenvalue weighted by molar-refractivity contribution is 5.74. The molecule has 0 unspecified atom stereocenters. The van der Waals surface area contributed by atoms with E-state index in [0.717, 1.165) is 12.8 Å². The average Bonchev–Trinajstić information content (AvgIpc) is 2.51. The molecule has 4 nitrogen and oxygen atoms in total. The first kappa shape index (κ1) is 9.48. The summed E-state index contributed by atoms with van der Waals surface area (Å²) in [7, 11) is 1.37. The molecule has 1 fully saturated rings. The molecule has 0 spiro atoms. The van der Waals surface area contributed by atoms with Crippen LogP contribution in [-0.4, -0.2) is 31.3 Å². The Balaban J connectivity index is 2.40. The van der Waals surface area contributed by atoms with Gasteiger partial charge in [-0.3, -0.25) is 0 Å². The van der Waals surface area contributed by atoms with E-state index in [9.17, 15) is 4.79 Å². The number of rotatable bonds is 2. The Kier molecular flexibility index (Phi) is 3.05. The fourth-order valence-electron chi connectivity index (χ4n) is 1.35. The van der Waals surface area contributed by atoms with Crippen LogP contribution in [0.15, 0.2) is 0 Å². The Morgan fingerprint density at radius 3 is 2.75 bits per heavy atom. The molecule has 1 saturated heterocycles. The molecule has 70 valence electrons. The third-order valence-corrected chi connectivity index (χ3v) is 2.10. The topological polar surface area (TPSA) is 61.5 Å². The van der Waals surface area contributed by atoms with Gasteiger partial charge in [-0.2, -0.15) is 0 Å². The van der Waals surface area contributed by atoms with Gasteiger partial charge in [-0.15, -0.1) is 0 Å². The fourth-order valence-corrected chi connectivity index (χ4v) is 1.35. The molecule has 0 aliphatic carbocycles. The van der Waals surface area contributed by atoms with Gasteiger partial charge in [0.15, 0.2) is 6.10 Å². The van der Waals surface area contributed by atoms with Crippen LogP contribution < -0.4 is 5.73 Å². The number of nitrogens with two attached hydrogens (primary N) is 1. The molecule has 0 aromatic heterocycles. The highest BCUT2D eigenvalue weighted by Crippen LogP contribution is 2.21. The van der Waals surface area contributed by atoms with Gasteiger partial charge in [0.1, 0.15) is 0 Å². The zero-order chi connectivity index (χ0) is 9.14. The lowest BCUT2D eigenvalue weighted by Gasteiger charge is -2.14. The van der Waals surface area contributed by atoms with Gasteiger partial charge in [-0.25, -0.2) is 4.79 Å². The molecule has 1 heterocycles. The molecule has 2 N–H and O–H groups in total. The highest BCUT2D eigenvalue weighted by atomic mass is 16.6. The molecule has 0 amide bonds. The average molecular weight is 173 g/mol. The van der Waals surface area contributed by atoms with Gasteiger partial charge in [0, 0.05) is 6.04 Å². The van der Waals surface area contributed by atoms with Crippen LogP contribution in [0.3, 0.4) is 0 Å². The third-order valence-electron chi connectivity index (χ3n) is 2.10. The predicted molar refractivity (Wildman–Crippen MR) is 43.6 cm³/mol. The Hall–Kier alpha value is -0.610. The van der Waals surface area contributed by atoms with Crippen LogP contribution in [0.5, 0.6) is 0 Å². The van der Waals surface area contributed by atoms with Crippen molar-refractivity contribution in [3.8, 4) is 0 Å². The van der Waals surface area contributed by atoms with Crippen LogP contribution in [-0.2, 0) is 14.3 Å². The van der Waals surface area contributed by atoms with Crippen molar-refractivity contribution in [2.24, 2.45) is 5.73 Å².